The molecule has 1 amide bonds. The van der Waals surface area contributed by atoms with Crippen molar-refractivity contribution >= 4 is 17.7 Å². The molecular weight excluding hydrogens is 484 g/mol. The van der Waals surface area contributed by atoms with Crippen LogP contribution in [0.3, 0.4) is 0 Å². The molecule has 1 atom stereocenters. The summed E-state index contributed by atoms with van der Waals surface area (Å²) in [7, 11) is 0. The van der Waals surface area contributed by atoms with Crippen LogP contribution < -0.4 is 10.6 Å². The van der Waals surface area contributed by atoms with Crippen molar-refractivity contribution in [2.75, 3.05) is 72.6 Å². The fraction of sp³-hybridized carbons (Fsp3) is 0.885. The number of aliphatic carboxylic acids is 1. The van der Waals surface area contributed by atoms with Crippen LogP contribution in [-0.2, 0) is 38.1 Å². The first-order valence-corrected chi connectivity index (χ1v) is 13.0. The van der Waals surface area contributed by atoms with Crippen molar-refractivity contribution < 1.29 is 43.2 Å². The molecule has 3 N–H and O–H groups in total. The summed E-state index contributed by atoms with van der Waals surface area (Å²) in [5.74, 6) is -1.64. The minimum atomic E-state index is -1.16. The summed E-state index contributed by atoms with van der Waals surface area (Å²) in [5, 5.41) is 15.1. The zero-order valence-corrected chi connectivity index (χ0v) is 23.7. The van der Waals surface area contributed by atoms with Crippen molar-refractivity contribution in [3.05, 3.63) is 0 Å². The third-order valence-electron chi connectivity index (χ3n) is 4.99. The van der Waals surface area contributed by atoms with E-state index in [0.29, 0.717) is 59.5 Å². The molecule has 11 nitrogen and oxygen atoms in total. The molecule has 0 radical (unpaired) electrons. The number of carbonyl (C=O) groups is 3. The van der Waals surface area contributed by atoms with Crippen molar-refractivity contribution in [2.24, 2.45) is 5.41 Å². The van der Waals surface area contributed by atoms with Crippen molar-refractivity contribution in [3.8, 4) is 0 Å². The third-order valence-corrected chi connectivity index (χ3v) is 4.99. The second kappa shape index (κ2) is 20.3. The number of Topliss-reactive ketones (excluding diaryl/α,β-unsaturated/α-hetero) is 1. The highest BCUT2D eigenvalue weighted by Crippen LogP contribution is 2.18. The van der Waals surface area contributed by atoms with Gasteiger partial charge in [0.2, 0.25) is 5.91 Å². The van der Waals surface area contributed by atoms with Gasteiger partial charge in [0, 0.05) is 30.3 Å². The van der Waals surface area contributed by atoms with Crippen molar-refractivity contribution in [1.82, 2.24) is 10.6 Å². The molecule has 0 heterocycles. The second-order valence-corrected chi connectivity index (χ2v) is 10.7. The van der Waals surface area contributed by atoms with Gasteiger partial charge in [0.25, 0.3) is 0 Å². The van der Waals surface area contributed by atoms with Crippen LogP contribution in [0.5, 0.6) is 0 Å². The Kier molecular flexibility index (Phi) is 19.5. The average Bonchev–Trinajstić information content (AvgIpc) is 2.79. The first-order chi connectivity index (χ1) is 17.3. The monoisotopic (exact) mass is 534 g/mol. The number of rotatable bonds is 23. The van der Waals surface area contributed by atoms with E-state index in [2.05, 4.69) is 31.4 Å². The van der Waals surface area contributed by atoms with E-state index in [1.165, 1.54) is 0 Å². The highest BCUT2D eigenvalue weighted by atomic mass is 16.6. The van der Waals surface area contributed by atoms with Gasteiger partial charge in [-0.25, -0.2) is 4.79 Å². The fourth-order valence-electron chi connectivity index (χ4n) is 2.82. The van der Waals surface area contributed by atoms with Crippen LogP contribution in [0.25, 0.3) is 0 Å². The molecule has 0 aromatic heterocycles. The number of hydrogen-bond donors (Lipinski definition) is 3. The topological polar surface area (TPSA) is 142 Å². The highest BCUT2D eigenvalue weighted by Gasteiger charge is 2.25. The Balaban J connectivity index is 3.55. The van der Waals surface area contributed by atoms with Crippen molar-refractivity contribution in [2.45, 2.75) is 72.4 Å². The molecule has 0 fully saturated rings. The van der Waals surface area contributed by atoms with E-state index in [4.69, 9.17) is 23.7 Å². The van der Waals surface area contributed by atoms with Crippen LogP contribution in [0.2, 0.25) is 0 Å². The van der Waals surface area contributed by atoms with E-state index in [-0.39, 0.29) is 37.2 Å². The molecule has 0 bridgehead atoms. The molecule has 1 unspecified atom stereocenters. The van der Waals surface area contributed by atoms with Crippen LogP contribution >= 0.6 is 0 Å². The van der Waals surface area contributed by atoms with E-state index in [0.717, 1.165) is 6.54 Å². The Morgan fingerprint density at radius 3 is 1.51 bits per heavy atom. The van der Waals surface area contributed by atoms with Gasteiger partial charge >= 0.3 is 5.97 Å². The van der Waals surface area contributed by atoms with Gasteiger partial charge in [0.05, 0.1) is 66.1 Å². The van der Waals surface area contributed by atoms with Crippen LogP contribution in [0, 0.1) is 5.41 Å². The van der Waals surface area contributed by atoms with Crippen LogP contribution in [-0.4, -0.2) is 107 Å². The number of hydrogen-bond acceptors (Lipinski definition) is 9. The summed E-state index contributed by atoms with van der Waals surface area (Å²) in [5.41, 5.74) is -0.444. The van der Waals surface area contributed by atoms with Gasteiger partial charge in [-0.1, -0.05) is 20.8 Å². The maximum atomic E-state index is 12.0. The van der Waals surface area contributed by atoms with Crippen LogP contribution in [0.4, 0.5) is 0 Å². The summed E-state index contributed by atoms with van der Waals surface area (Å²) in [6.45, 7) is 16.8. The van der Waals surface area contributed by atoms with Gasteiger partial charge in [-0.15, -0.1) is 0 Å². The molecule has 0 rings (SSSR count). The van der Waals surface area contributed by atoms with Gasteiger partial charge < -0.3 is 39.4 Å². The molecule has 0 aliphatic heterocycles. The number of ketones is 1. The third kappa shape index (κ3) is 23.2. The van der Waals surface area contributed by atoms with E-state index in [9.17, 15) is 19.5 Å². The SMILES string of the molecule is CC(C)(C)NCCOCCOCCOCCOCCOCCC(=O)NC(CCC(=O)C(C)(C)C)C(=O)O. The fourth-order valence-corrected chi connectivity index (χ4v) is 2.82. The van der Waals surface area contributed by atoms with Crippen molar-refractivity contribution in [1.29, 1.82) is 0 Å². The van der Waals surface area contributed by atoms with Gasteiger partial charge in [-0.2, -0.15) is 0 Å². The summed E-state index contributed by atoms with van der Waals surface area (Å²) < 4.78 is 27.1. The predicted molar refractivity (Wildman–Crippen MR) is 140 cm³/mol. The summed E-state index contributed by atoms with van der Waals surface area (Å²) in [4.78, 5) is 35.3. The molecule has 0 saturated heterocycles. The van der Waals surface area contributed by atoms with Crippen molar-refractivity contribution in [3.63, 3.8) is 0 Å². The standard InChI is InChI=1S/C26H50N2O9/c1-25(2,3)22(29)8-7-21(24(31)32)28-23(30)9-11-33-13-15-35-17-19-37-20-18-36-16-14-34-12-10-27-26(4,5)6/h21,27H,7-20H2,1-6H3,(H,28,30)(H,31,32). The zero-order chi connectivity index (χ0) is 28.2. The Labute approximate surface area is 222 Å². The van der Waals surface area contributed by atoms with Crippen LogP contribution in [0.15, 0.2) is 0 Å². The molecule has 218 valence electrons. The smallest absolute Gasteiger partial charge is 0.326 e. The Morgan fingerprint density at radius 2 is 1.11 bits per heavy atom. The van der Waals surface area contributed by atoms with E-state index >= 15 is 0 Å². The first kappa shape index (κ1) is 35.4. The molecule has 0 aliphatic rings. The molecule has 0 aliphatic carbocycles. The number of carboxylic acid groups (broad SMARTS) is 1. The largest absolute Gasteiger partial charge is 0.480 e. The predicted octanol–water partition coefficient (Wildman–Crippen LogP) is 1.81. The molecule has 11 heteroatoms. The van der Waals surface area contributed by atoms with Gasteiger partial charge in [-0.05, 0) is 27.2 Å². The molecule has 37 heavy (non-hydrogen) atoms. The Bertz CT molecular complexity index is 631. The maximum Gasteiger partial charge on any atom is 0.326 e. The molecule has 0 aromatic carbocycles. The van der Waals surface area contributed by atoms with E-state index < -0.39 is 23.3 Å². The number of carbonyl (C=O) groups excluding carboxylic acids is 2. The average molecular weight is 535 g/mol. The number of nitrogens with one attached hydrogen (secondary N) is 2. The van der Waals surface area contributed by atoms with Crippen LogP contribution in [0.1, 0.15) is 60.8 Å². The first-order valence-electron chi connectivity index (χ1n) is 13.0. The van der Waals surface area contributed by atoms with E-state index in [1.54, 1.807) is 20.8 Å². The molecular formula is C26H50N2O9. The Morgan fingerprint density at radius 1 is 0.676 bits per heavy atom. The minimum Gasteiger partial charge on any atom is -0.480 e. The normalized spacial score (nSPS) is 12.9. The van der Waals surface area contributed by atoms with Gasteiger partial charge in [0.1, 0.15) is 11.8 Å². The second-order valence-electron chi connectivity index (χ2n) is 10.7. The maximum absolute atomic E-state index is 12.0. The van der Waals surface area contributed by atoms with Gasteiger partial charge in [0.15, 0.2) is 0 Å². The molecule has 0 aromatic rings. The number of ether oxygens (including phenoxy) is 5. The highest BCUT2D eigenvalue weighted by molar-refractivity contribution is 5.86. The number of amides is 1. The Hall–Kier alpha value is -1.63. The van der Waals surface area contributed by atoms with E-state index in [1.807, 2.05) is 0 Å². The molecule has 0 spiro atoms. The summed E-state index contributed by atoms with van der Waals surface area (Å²) >= 11 is 0. The minimum absolute atomic E-state index is 0.0267. The quantitative estimate of drug-likeness (QED) is 0.166. The number of carboxylic acids is 1. The lowest BCUT2D eigenvalue weighted by atomic mass is 9.87. The lowest BCUT2D eigenvalue weighted by molar-refractivity contribution is -0.142. The molecule has 0 saturated carbocycles. The lowest BCUT2D eigenvalue weighted by Crippen LogP contribution is -2.41. The summed E-state index contributed by atoms with van der Waals surface area (Å²) in [6.07, 6.45) is 0.180. The van der Waals surface area contributed by atoms with Gasteiger partial charge in [-0.3, -0.25) is 9.59 Å². The zero-order valence-electron chi connectivity index (χ0n) is 23.7. The lowest BCUT2D eigenvalue weighted by Gasteiger charge is -2.20. The summed E-state index contributed by atoms with van der Waals surface area (Å²) in [6, 6.07) is -1.10.